The molecular weight excluding hydrogens is 223 g/mol. The topological polar surface area (TPSA) is 40.5 Å². The third kappa shape index (κ3) is 4.00. The molecule has 0 radical (unpaired) electrons. The highest BCUT2D eigenvalue weighted by molar-refractivity contribution is 5.71. The smallest absolute Gasteiger partial charge is 0.403 e. The van der Waals surface area contributed by atoms with Crippen LogP contribution < -0.4 is 0 Å². The zero-order chi connectivity index (χ0) is 13.1. The highest BCUT2D eigenvalue weighted by Crippen LogP contribution is 2.29. The van der Waals surface area contributed by atoms with Crippen LogP contribution in [0.2, 0.25) is 0 Å². The summed E-state index contributed by atoms with van der Waals surface area (Å²) in [6.45, 7) is 4.88. The van der Waals surface area contributed by atoms with Gasteiger partial charge in [-0.15, -0.1) is 0 Å². The highest BCUT2D eigenvalue weighted by Gasteiger charge is 2.46. The van der Waals surface area contributed by atoms with E-state index < -0.39 is 30.1 Å². The molecule has 1 atom stereocenters. The summed E-state index contributed by atoms with van der Waals surface area (Å²) in [5, 5.41) is 8.55. The maximum Gasteiger partial charge on any atom is 0.403 e. The van der Waals surface area contributed by atoms with Crippen molar-refractivity contribution in [3.63, 3.8) is 0 Å². The van der Waals surface area contributed by atoms with E-state index in [9.17, 15) is 18.0 Å². The highest BCUT2D eigenvalue weighted by atomic mass is 19.4. The van der Waals surface area contributed by atoms with Gasteiger partial charge in [0.05, 0.1) is 0 Å². The molecule has 3 nitrogen and oxygen atoms in total. The van der Waals surface area contributed by atoms with Crippen molar-refractivity contribution in [2.24, 2.45) is 5.92 Å². The Hall–Kier alpha value is -0.780. The largest absolute Gasteiger partial charge is 0.481 e. The molecule has 0 rings (SSSR count). The third-order valence-electron chi connectivity index (χ3n) is 3.05. The molecule has 0 amide bonds. The molecule has 0 heterocycles. The second-order valence-electron chi connectivity index (χ2n) is 4.48. The van der Waals surface area contributed by atoms with Crippen LogP contribution in [0, 0.1) is 5.92 Å². The number of carboxylic acid groups (broad SMARTS) is 1. The fourth-order valence-corrected chi connectivity index (χ4v) is 1.11. The lowest BCUT2D eigenvalue weighted by Crippen LogP contribution is -2.48. The maximum atomic E-state index is 12.4. The minimum Gasteiger partial charge on any atom is -0.481 e. The number of carbonyl (C=O) groups is 1. The van der Waals surface area contributed by atoms with E-state index in [1.807, 2.05) is 6.92 Å². The van der Waals surface area contributed by atoms with E-state index in [1.54, 1.807) is 13.8 Å². The number of hydrogen-bond donors (Lipinski definition) is 1. The second kappa shape index (κ2) is 5.03. The molecule has 0 spiro atoms. The molecule has 0 aromatic carbocycles. The number of aliphatic carboxylic acids is 1. The molecule has 0 aliphatic rings. The first-order valence-electron chi connectivity index (χ1n) is 5.03. The Morgan fingerprint density at radius 3 is 2.06 bits per heavy atom. The van der Waals surface area contributed by atoms with Gasteiger partial charge in [0.1, 0.15) is 0 Å². The molecule has 0 saturated heterocycles. The molecule has 1 N–H and O–H groups in total. The number of nitrogens with zero attached hydrogens (tertiary/aromatic N) is 1. The van der Waals surface area contributed by atoms with Gasteiger partial charge >= 0.3 is 12.1 Å². The van der Waals surface area contributed by atoms with E-state index in [4.69, 9.17) is 5.11 Å². The van der Waals surface area contributed by atoms with E-state index >= 15 is 0 Å². The van der Waals surface area contributed by atoms with Gasteiger partial charge in [0.2, 0.25) is 0 Å². The number of rotatable bonds is 5. The quantitative estimate of drug-likeness (QED) is 0.803. The summed E-state index contributed by atoms with van der Waals surface area (Å²) in [4.78, 5) is 12.0. The van der Waals surface area contributed by atoms with Crippen molar-refractivity contribution in [2.75, 3.05) is 13.6 Å². The molecule has 0 aliphatic heterocycles. The fourth-order valence-electron chi connectivity index (χ4n) is 1.11. The summed E-state index contributed by atoms with van der Waals surface area (Å²) < 4.78 is 37.2. The third-order valence-corrected chi connectivity index (χ3v) is 3.05. The van der Waals surface area contributed by atoms with E-state index in [0.29, 0.717) is 6.42 Å². The molecular formula is C10H18F3NO2. The molecule has 96 valence electrons. The average molecular weight is 241 g/mol. The standard InChI is InChI=1S/C10H18F3NO2/c1-5-9(2,3)14(4)6-7(8(15)16)10(11,12)13/h7H,5-6H2,1-4H3,(H,15,16). The molecule has 1 unspecified atom stereocenters. The lowest BCUT2D eigenvalue weighted by atomic mass is 9.98. The van der Waals surface area contributed by atoms with Gasteiger partial charge in [-0.1, -0.05) is 6.92 Å². The van der Waals surface area contributed by atoms with Gasteiger partial charge in [-0.3, -0.25) is 4.79 Å². The van der Waals surface area contributed by atoms with Gasteiger partial charge in [-0.05, 0) is 27.3 Å². The minimum atomic E-state index is -4.70. The monoisotopic (exact) mass is 241 g/mol. The lowest BCUT2D eigenvalue weighted by Gasteiger charge is -2.36. The Morgan fingerprint density at radius 2 is 1.81 bits per heavy atom. The van der Waals surface area contributed by atoms with Crippen LogP contribution in [0.3, 0.4) is 0 Å². The zero-order valence-corrected chi connectivity index (χ0v) is 9.93. The van der Waals surface area contributed by atoms with Crippen LogP contribution in [-0.4, -0.2) is 41.3 Å². The Kier molecular flexibility index (Phi) is 4.79. The van der Waals surface area contributed by atoms with Crippen molar-refractivity contribution >= 4 is 5.97 Å². The lowest BCUT2D eigenvalue weighted by molar-refractivity contribution is -0.197. The average Bonchev–Trinajstić information content (AvgIpc) is 2.11. The van der Waals surface area contributed by atoms with Crippen LogP contribution >= 0.6 is 0 Å². The Morgan fingerprint density at radius 1 is 1.38 bits per heavy atom. The van der Waals surface area contributed by atoms with Crippen LogP contribution in [-0.2, 0) is 4.79 Å². The summed E-state index contributed by atoms with van der Waals surface area (Å²) in [6, 6.07) is 0. The summed E-state index contributed by atoms with van der Waals surface area (Å²) in [7, 11) is 1.51. The summed E-state index contributed by atoms with van der Waals surface area (Å²) in [5.41, 5.74) is -0.445. The Balaban J connectivity index is 4.73. The van der Waals surface area contributed by atoms with Crippen molar-refractivity contribution in [3.8, 4) is 0 Å². The van der Waals surface area contributed by atoms with Gasteiger partial charge in [-0.25, -0.2) is 0 Å². The van der Waals surface area contributed by atoms with Gasteiger partial charge in [0, 0.05) is 12.1 Å². The van der Waals surface area contributed by atoms with E-state index in [-0.39, 0.29) is 0 Å². The van der Waals surface area contributed by atoms with Crippen LogP contribution in [0.1, 0.15) is 27.2 Å². The number of alkyl halides is 3. The van der Waals surface area contributed by atoms with Crippen molar-refractivity contribution < 1.29 is 23.1 Å². The first-order valence-corrected chi connectivity index (χ1v) is 5.03. The predicted molar refractivity (Wildman–Crippen MR) is 54.2 cm³/mol. The van der Waals surface area contributed by atoms with Crippen molar-refractivity contribution in [1.29, 1.82) is 0 Å². The predicted octanol–water partition coefficient (Wildman–Crippen LogP) is 2.37. The van der Waals surface area contributed by atoms with Gasteiger partial charge in [0.25, 0.3) is 0 Å². The molecule has 0 aromatic heterocycles. The van der Waals surface area contributed by atoms with Crippen molar-refractivity contribution in [3.05, 3.63) is 0 Å². The van der Waals surface area contributed by atoms with Crippen LogP contribution in [0.4, 0.5) is 13.2 Å². The number of hydrogen-bond acceptors (Lipinski definition) is 2. The second-order valence-corrected chi connectivity index (χ2v) is 4.48. The van der Waals surface area contributed by atoms with E-state index in [2.05, 4.69) is 0 Å². The molecule has 6 heteroatoms. The number of carboxylic acids is 1. The van der Waals surface area contributed by atoms with Crippen LogP contribution in [0.25, 0.3) is 0 Å². The summed E-state index contributed by atoms with van der Waals surface area (Å²) >= 11 is 0. The molecule has 16 heavy (non-hydrogen) atoms. The van der Waals surface area contributed by atoms with E-state index in [1.165, 1.54) is 11.9 Å². The maximum absolute atomic E-state index is 12.4. The first-order chi connectivity index (χ1) is 7.02. The van der Waals surface area contributed by atoms with Crippen molar-refractivity contribution in [1.82, 2.24) is 4.90 Å². The molecule has 0 saturated carbocycles. The molecule has 0 bridgehead atoms. The Bertz CT molecular complexity index is 251. The molecule has 0 fully saturated rings. The van der Waals surface area contributed by atoms with Gasteiger partial charge in [0.15, 0.2) is 5.92 Å². The fraction of sp³-hybridized carbons (Fsp3) is 0.900. The minimum absolute atomic E-state index is 0.445. The Labute approximate surface area is 93.2 Å². The number of halogens is 3. The normalized spacial score (nSPS) is 15.2. The molecule has 0 aliphatic carbocycles. The summed E-state index contributed by atoms with van der Waals surface area (Å²) in [6.07, 6.45) is -4.06. The molecule has 0 aromatic rings. The van der Waals surface area contributed by atoms with Crippen LogP contribution in [0.15, 0.2) is 0 Å². The SMILES string of the molecule is CCC(C)(C)N(C)CC(C(=O)O)C(F)(F)F. The van der Waals surface area contributed by atoms with E-state index in [0.717, 1.165) is 0 Å². The first kappa shape index (κ1) is 15.2. The summed E-state index contributed by atoms with van der Waals surface area (Å²) in [5.74, 6) is -4.16. The van der Waals surface area contributed by atoms with Gasteiger partial charge in [-0.2, -0.15) is 13.2 Å². The van der Waals surface area contributed by atoms with Gasteiger partial charge < -0.3 is 10.0 Å². The van der Waals surface area contributed by atoms with Crippen LogP contribution in [0.5, 0.6) is 0 Å². The van der Waals surface area contributed by atoms with Crippen molar-refractivity contribution in [2.45, 2.75) is 38.9 Å². The zero-order valence-electron chi connectivity index (χ0n) is 9.93.